The van der Waals surface area contributed by atoms with E-state index in [0.717, 1.165) is 0 Å². The number of rotatable bonds is 7. The summed E-state index contributed by atoms with van der Waals surface area (Å²) >= 11 is 0. The number of carbonyl (C=O) groups excluding carboxylic acids is 3. The molecule has 0 spiro atoms. The Morgan fingerprint density at radius 2 is 1.61 bits per heavy atom. The lowest BCUT2D eigenvalue weighted by atomic mass is 10.1. The standard InChI is InChI=1S/C21H22N2O5/c1-3-28-21(26)15-6-4-5-7-18(15)23-20(25)17-12-16(17)19(24)22-13-8-10-14(27-2)11-9-13/h4-11,16-17H,3,12H2,1-2H3,(H,22,24)(H,23,25). The van der Waals surface area contributed by atoms with Crippen molar-refractivity contribution in [3.63, 3.8) is 0 Å². The van der Waals surface area contributed by atoms with Crippen LogP contribution in [0, 0.1) is 11.8 Å². The van der Waals surface area contributed by atoms with E-state index in [1.807, 2.05) is 0 Å². The summed E-state index contributed by atoms with van der Waals surface area (Å²) < 4.78 is 10.1. The predicted octanol–water partition coefficient (Wildman–Crippen LogP) is 3.09. The minimum Gasteiger partial charge on any atom is -0.497 e. The summed E-state index contributed by atoms with van der Waals surface area (Å²) in [6, 6.07) is 13.6. The van der Waals surface area contributed by atoms with Crippen LogP contribution in [0.3, 0.4) is 0 Å². The minimum absolute atomic E-state index is 0.205. The summed E-state index contributed by atoms with van der Waals surface area (Å²) in [7, 11) is 1.57. The monoisotopic (exact) mass is 382 g/mol. The van der Waals surface area contributed by atoms with Crippen molar-refractivity contribution in [2.75, 3.05) is 24.4 Å². The van der Waals surface area contributed by atoms with E-state index in [1.165, 1.54) is 0 Å². The zero-order valence-electron chi connectivity index (χ0n) is 15.7. The second-order valence-electron chi connectivity index (χ2n) is 6.42. The lowest BCUT2D eigenvalue weighted by Crippen LogP contribution is -2.21. The Morgan fingerprint density at radius 3 is 2.25 bits per heavy atom. The van der Waals surface area contributed by atoms with Crippen molar-refractivity contribution in [2.24, 2.45) is 11.8 Å². The molecule has 0 heterocycles. The van der Waals surface area contributed by atoms with Crippen molar-refractivity contribution in [3.8, 4) is 5.75 Å². The highest BCUT2D eigenvalue weighted by Crippen LogP contribution is 2.40. The van der Waals surface area contributed by atoms with Crippen LogP contribution in [0.1, 0.15) is 23.7 Å². The third kappa shape index (κ3) is 4.49. The Kier molecular flexibility index (Phi) is 5.93. The van der Waals surface area contributed by atoms with Crippen LogP contribution in [0.5, 0.6) is 5.75 Å². The molecule has 0 aliphatic heterocycles. The molecule has 7 nitrogen and oxygen atoms in total. The molecule has 1 aliphatic rings. The van der Waals surface area contributed by atoms with E-state index >= 15 is 0 Å². The van der Waals surface area contributed by atoms with Crippen molar-refractivity contribution in [3.05, 3.63) is 54.1 Å². The zero-order valence-corrected chi connectivity index (χ0v) is 15.7. The predicted molar refractivity (Wildman–Crippen MR) is 104 cm³/mol. The normalized spacial score (nSPS) is 17.4. The summed E-state index contributed by atoms with van der Waals surface area (Å²) in [4.78, 5) is 36.9. The number of carbonyl (C=O) groups is 3. The summed E-state index contributed by atoms with van der Waals surface area (Å²) in [6.07, 6.45) is 0.468. The molecule has 2 aromatic rings. The van der Waals surface area contributed by atoms with Crippen LogP contribution in [0.4, 0.5) is 11.4 Å². The Labute approximate surface area is 163 Å². The number of ether oxygens (including phenoxy) is 2. The average Bonchev–Trinajstić information content (AvgIpc) is 3.50. The quantitative estimate of drug-likeness (QED) is 0.718. The van der Waals surface area contributed by atoms with Crippen LogP contribution in [-0.2, 0) is 14.3 Å². The Balaban J connectivity index is 1.58. The van der Waals surface area contributed by atoms with Gasteiger partial charge in [0, 0.05) is 5.69 Å². The highest BCUT2D eigenvalue weighted by atomic mass is 16.5. The fourth-order valence-electron chi connectivity index (χ4n) is 2.89. The number of anilines is 2. The Morgan fingerprint density at radius 1 is 0.964 bits per heavy atom. The molecule has 28 heavy (non-hydrogen) atoms. The summed E-state index contributed by atoms with van der Waals surface area (Å²) in [5, 5.41) is 5.54. The molecule has 2 atom stereocenters. The van der Waals surface area contributed by atoms with Crippen molar-refractivity contribution < 1.29 is 23.9 Å². The number of hydrogen-bond acceptors (Lipinski definition) is 5. The number of amides is 2. The molecule has 7 heteroatoms. The number of hydrogen-bond donors (Lipinski definition) is 2. The maximum absolute atomic E-state index is 12.5. The van der Waals surface area contributed by atoms with Gasteiger partial charge in [0.25, 0.3) is 0 Å². The van der Waals surface area contributed by atoms with Crippen LogP contribution >= 0.6 is 0 Å². The Bertz CT molecular complexity index is 879. The third-order valence-corrected chi connectivity index (χ3v) is 4.50. The molecule has 2 aromatic carbocycles. The highest BCUT2D eigenvalue weighted by molar-refractivity contribution is 6.06. The number of benzene rings is 2. The van der Waals surface area contributed by atoms with Gasteiger partial charge in [-0.05, 0) is 49.7 Å². The second-order valence-corrected chi connectivity index (χ2v) is 6.42. The van der Waals surface area contributed by atoms with Gasteiger partial charge in [0.1, 0.15) is 5.75 Å². The van der Waals surface area contributed by atoms with E-state index in [-0.39, 0.29) is 24.0 Å². The lowest BCUT2D eigenvalue weighted by Gasteiger charge is -2.10. The van der Waals surface area contributed by atoms with E-state index < -0.39 is 17.8 Å². The Hall–Kier alpha value is -3.35. The molecular weight excluding hydrogens is 360 g/mol. The molecular formula is C21H22N2O5. The van der Waals surface area contributed by atoms with Crippen LogP contribution in [0.2, 0.25) is 0 Å². The molecule has 3 rings (SSSR count). The van der Waals surface area contributed by atoms with Crippen LogP contribution < -0.4 is 15.4 Å². The third-order valence-electron chi connectivity index (χ3n) is 4.50. The molecule has 2 amide bonds. The number of nitrogens with one attached hydrogen (secondary N) is 2. The molecule has 2 unspecified atom stereocenters. The van der Waals surface area contributed by atoms with Gasteiger partial charge < -0.3 is 20.1 Å². The number of methoxy groups -OCH3 is 1. The van der Waals surface area contributed by atoms with Gasteiger partial charge in [-0.25, -0.2) is 4.79 Å². The first-order chi connectivity index (χ1) is 13.5. The van der Waals surface area contributed by atoms with E-state index in [1.54, 1.807) is 62.6 Å². The molecule has 0 saturated heterocycles. The van der Waals surface area contributed by atoms with Gasteiger partial charge in [-0.1, -0.05) is 12.1 Å². The van der Waals surface area contributed by atoms with Gasteiger partial charge in [-0.3, -0.25) is 9.59 Å². The number of para-hydroxylation sites is 1. The molecule has 2 N–H and O–H groups in total. The fourth-order valence-corrected chi connectivity index (χ4v) is 2.89. The molecule has 1 aliphatic carbocycles. The molecule has 0 radical (unpaired) electrons. The van der Waals surface area contributed by atoms with Gasteiger partial charge in [0.15, 0.2) is 0 Å². The minimum atomic E-state index is -0.497. The topological polar surface area (TPSA) is 93.7 Å². The highest BCUT2D eigenvalue weighted by Gasteiger charge is 2.48. The zero-order chi connectivity index (χ0) is 20.1. The second kappa shape index (κ2) is 8.56. The van der Waals surface area contributed by atoms with Crippen LogP contribution in [0.15, 0.2) is 48.5 Å². The maximum atomic E-state index is 12.5. The maximum Gasteiger partial charge on any atom is 0.340 e. The SMILES string of the molecule is CCOC(=O)c1ccccc1NC(=O)C1CC1C(=O)Nc1ccc(OC)cc1. The van der Waals surface area contributed by atoms with Gasteiger partial charge in [0.2, 0.25) is 11.8 Å². The summed E-state index contributed by atoms with van der Waals surface area (Å²) in [6.45, 7) is 1.96. The molecule has 1 saturated carbocycles. The lowest BCUT2D eigenvalue weighted by molar-refractivity contribution is -0.122. The average molecular weight is 382 g/mol. The molecule has 0 aromatic heterocycles. The van der Waals surface area contributed by atoms with E-state index in [9.17, 15) is 14.4 Å². The van der Waals surface area contributed by atoms with Gasteiger partial charge in [-0.2, -0.15) is 0 Å². The first-order valence-corrected chi connectivity index (χ1v) is 9.05. The molecule has 0 bridgehead atoms. The summed E-state index contributed by atoms with van der Waals surface area (Å²) in [5.41, 5.74) is 1.31. The molecule has 1 fully saturated rings. The van der Waals surface area contributed by atoms with Gasteiger partial charge in [-0.15, -0.1) is 0 Å². The largest absolute Gasteiger partial charge is 0.497 e. The van der Waals surface area contributed by atoms with Gasteiger partial charge in [0.05, 0.1) is 36.8 Å². The van der Waals surface area contributed by atoms with E-state index in [0.29, 0.717) is 23.5 Å². The first-order valence-electron chi connectivity index (χ1n) is 9.05. The summed E-state index contributed by atoms with van der Waals surface area (Å²) in [5.74, 6) is -1.11. The van der Waals surface area contributed by atoms with E-state index in [2.05, 4.69) is 10.6 Å². The van der Waals surface area contributed by atoms with E-state index in [4.69, 9.17) is 9.47 Å². The number of esters is 1. The van der Waals surface area contributed by atoms with Crippen molar-refractivity contribution in [2.45, 2.75) is 13.3 Å². The van der Waals surface area contributed by atoms with Crippen molar-refractivity contribution in [1.29, 1.82) is 0 Å². The fraction of sp³-hybridized carbons (Fsp3) is 0.286. The van der Waals surface area contributed by atoms with Crippen molar-refractivity contribution >= 4 is 29.2 Å². The van der Waals surface area contributed by atoms with Crippen LogP contribution in [-0.4, -0.2) is 31.5 Å². The molecule has 146 valence electrons. The van der Waals surface area contributed by atoms with Crippen molar-refractivity contribution in [1.82, 2.24) is 0 Å². The van der Waals surface area contributed by atoms with Crippen LogP contribution in [0.25, 0.3) is 0 Å². The smallest absolute Gasteiger partial charge is 0.340 e. The van der Waals surface area contributed by atoms with Gasteiger partial charge >= 0.3 is 5.97 Å². The first kappa shape index (κ1) is 19.4.